The van der Waals surface area contributed by atoms with E-state index in [0.717, 1.165) is 11.3 Å². The Bertz CT molecular complexity index is 669. The first-order valence-corrected chi connectivity index (χ1v) is 6.44. The Labute approximate surface area is 116 Å². The molecule has 1 aliphatic rings. The summed E-state index contributed by atoms with van der Waals surface area (Å²) in [4.78, 5) is 14.3. The van der Waals surface area contributed by atoms with E-state index in [0.29, 0.717) is 24.3 Å². The Morgan fingerprint density at radius 3 is 2.85 bits per heavy atom. The van der Waals surface area contributed by atoms with Crippen LogP contribution in [0.15, 0.2) is 42.5 Å². The van der Waals surface area contributed by atoms with Crippen LogP contribution in [-0.4, -0.2) is 19.6 Å². The minimum absolute atomic E-state index is 0.118. The molecule has 0 fully saturated rings. The van der Waals surface area contributed by atoms with E-state index in [2.05, 4.69) is 0 Å². The van der Waals surface area contributed by atoms with Crippen LogP contribution >= 0.6 is 0 Å². The van der Waals surface area contributed by atoms with Gasteiger partial charge in [0, 0.05) is 12.2 Å². The molecule has 2 aromatic rings. The van der Waals surface area contributed by atoms with Crippen LogP contribution in [0.3, 0.4) is 0 Å². The monoisotopic (exact) mass is 271 g/mol. The number of rotatable bonds is 2. The summed E-state index contributed by atoms with van der Waals surface area (Å²) in [7, 11) is 1.54. The number of halogens is 1. The summed E-state index contributed by atoms with van der Waals surface area (Å²) < 4.78 is 18.4. The number of carbonyl (C=O) groups excluding carboxylic acids is 1. The number of carbonyl (C=O) groups is 1. The largest absolute Gasteiger partial charge is 0.496 e. The van der Waals surface area contributed by atoms with E-state index in [4.69, 9.17) is 4.74 Å². The van der Waals surface area contributed by atoms with Gasteiger partial charge in [0.15, 0.2) is 0 Å². The smallest absolute Gasteiger partial charge is 0.262 e. The number of nitrogens with zero attached hydrogens (tertiary/aromatic N) is 1. The lowest BCUT2D eigenvalue weighted by molar-refractivity contribution is 0.0986. The predicted molar refractivity (Wildman–Crippen MR) is 74.8 cm³/mol. The van der Waals surface area contributed by atoms with E-state index in [1.165, 1.54) is 12.1 Å². The molecule has 4 heteroatoms. The summed E-state index contributed by atoms with van der Waals surface area (Å²) >= 11 is 0. The fraction of sp³-hybridized carbons (Fsp3) is 0.188. The van der Waals surface area contributed by atoms with Gasteiger partial charge in [-0.25, -0.2) is 4.39 Å². The molecule has 0 aliphatic carbocycles. The highest BCUT2D eigenvalue weighted by atomic mass is 19.1. The summed E-state index contributed by atoms with van der Waals surface area (Å²) in [5, 5.41) is 0. The summed E-state index contributed by atoms with van der Waals surface area (Å²) in [6.07, 6.45) is 0.675. The van der Waals surface area contributed by atoms with Crippen molar-refractivity contribution in [3.63, 3.8) is 0 Å². The molecule has 0 saturated heterocycles. The highest BCUT2D eigenvalue weighted by molar-refractivity contribution is 6.08. The van der Waals surface area contributed by atoms with Gasteiger partial charge in [0.25, 0.3) is 5.91 Å². The minimum Gasteiger partial charge on any atom is -0.496 e. The van der Waals surface area contributed by atoms with E-state index >= 15 is 0 Å². The summed E-state index contributed by atoms with van der Waals surface area (Å²) in [6, 6.07) is 11.7. The van der Waals surface area contributed by atoms with Crippen molar-refractivity contribution in [1.82, 2.24) is 0 Å². The first-order valence-electron chi connectivity index (χ1n) is 6.44. The fourth-order valence-electron chi connectivity index (χ4n) is 2.55. The van der Waals surface area contributed by atoms with Crippen LogP contribution in [-0.2, 0) is 6.42 Å². The molecule has 0 saturated carbocycles. The Hall–Kier alpha value is -2.36. The number of benzene rings is 2. The molecule has 3 rings (SSSR count). The van der Waals surface area contributed by atoms with Crippen LogP contribution in [0.1, 0.15) is 15.9 Å². The second-order valence-corrected chi connectivity index (χ2v) is 4.68. The van der Waals surface area contributed by atoms with Crippen LogP contribution < -0.4 is 9.64 Å². The van der Waals surface area contributed by atoms with E-state index in [1.54, 1.807) is 36.3 Å². The van der Waals surface area contributed by atoms with Gasteiger partial charge >= 0.3 is 0 Å². The first kappa shape index (κ1) is 12.7. The van der Waals surface area contributed by atoms with Gasteiger partial charge in [-0.05, 0) is 42.3 Å². The molecule has 0 unspecified atom stereocenters. The third-order valence-electron chi connectivity index (χ3n) is 3.52. The maximum Gasteiger partial charge on any atom is 0.262 e. The number of ether oxygens (including phenoxy) is 1. The third kappa shape index (κ3) is 2.03. The molecule has 0 N–H and O–H groups in total. The van der Waals surface area contributed by atoms with Crippen LogP contribution in [0, 0.1) is 5.82 Å². The van der Waals surface area contributed by atoms with Crippen molar-refractivity contribution in [2.24, 2.45) is 0 Å². The predicted octanol–water partition coefficient (Wildman–Crippen LogP) is 3.04. The molecule has 0 aromatic heterocycles. The van der Waals surface area contributed by atoms with Crippen LogP contribution in [0.5, 0.6) is 5.75 Å². The molecule has 102 valence electrons. The molecule has 0 atom stereocenters. The van der Waals surface area contributed by atoms with Gasteiger partial charge in [0.05, 0.1) is 12.7 Å². The summed E-state index contributed by atoms with van der Waals surface area (Å²) in [5.41, 5.74) is 2.17. The second-order valence-electron chi connectivity index (χ2n) is 4.68. The highest BCUT2D eigenvalue weighted by Gasteiger charge is 2.27. The molecule has 0 spiro atoms. The molecule has 1 heterocycles. The number of amides is 1. The number of methoxy groups -OCH3 is 1. The van der Waals surface area contributed by atoms with Crippen LogP contribution in [0.2, 0.25) is 0 Å². The summed E-state index contributed by atoms with van der Waals surface area (Å²) in [5.74, 6) is 0.163. The molecule has 1 aliphatic heterocycles. The van der Waals surface area contributed by atoms with E-state index in [9.17, 15) is 9.18 Å². The Morgan fingerprint density at radius 2 is 2.05 bits per heavy atom. The molecule has 2 aromatic carbocycles. The average Bonchev–Trinajstić information content (AvgIpc) is 2.89. The third-order valence-corrected chi connectivity index (χ3v) is 3.52. The molecular weight excluding hydrogens is 257 g/mol. The van der Waals surface area contributed by atoms with Crippen molar-refractivity contribution in [3.8, 4) is 5.75 Å². The zero-order valence-electron chi connectivity index (χ0n) is 11.1. The molecule has 20 heavy (non-hydrogen) atoms. The average molecular weight is 271 g/mol. The van der Waals surface area contributed by atoms with Crippen molar-refractivity contribution in [2.75, 3.05) is 18.6 Å². The number of hydrogen-bond acceptors (Lipinski definition) is 2. The lowest BCUT2D eigenvalue weighted by Gasteiger charge is -2.18. The lowest BCUT2D eigenvalue weighted by Crippen LogP contribution is -2.29. The van der Waals surface area contributed by atoms with Gasteiger partial charge in [-0.3, -0.25) is 4.79 Å². The van der Waals surface area contributed by atoms with Gasteiger partial charge in [0.2, 0.25) is 0 Å². The van der Waals surface area contributed by atoms with Crippen molar-refractivity contribution in [2.45, 2.75) is 6.42 Å². The van der Waals surface area contributed by atoms with Gasteiger partial charge in [-0.15, -0.1) is 0 Å². The van der Waals surface area contributed by atoms with Crippen molar-refractivity contribution < 1.29 is 13.9 Å². The normalized spacial score (nSPS) is 13.2. The molecule has 1 amide bonds. The standard InChI is InChI=1S/C16H14FNO2/c1-20-15-5-3-2-4-13(15)16(19)18-9-8-11-10-12(17)6-7-14(11)18/h2-7,10H,8-9H2,1H3. The second kappa shape index (κ2) is 4.96. The molecule has 0 bridgehead atoms. The zero-order chi connectivity index (χ0) is 14.1. The summed E-state index contributed by atoms with van der Waals surface area (Å²) in [6.45, 7) is 0.565. The van der Waals surface area contributed by atoms with E-state index in [-0.39, 0.29) is 11.7 Å². The van der Waals surface area contributed by atoms with Crippen LogP contribution in [0.25, 0.3) is 0 Å². The van der Waals surface area contributed by atoms with E-state index < -0.39 is 0 Å². The molecule has 0 radical (unpaired) electrons. The number of anilines is 1. The van der Waals surface area contributed by atoms with Crippen molar-refractivity contribution in [1.29, 1.82) is 0 Å². The topological polar surface area (TPSA) is 29.5 Å². The van der Waals surface area contributed by atoms with Crippen molar-refractivity contribution in [3.05, 3.63) is 59.4 Å². The number of para-hydroxylation sites is 1. The number of hydrogen-bond donors (Lipinski definition) is 0. The minimum atomic E-state index is -0.268. The fourth-order valence-corrected chi connectivity index (χ4v) is 2.55. The maximum atomic E-state index is 13.2. The Morgan fingerprint density at radius 1 is 1.25 bits per heavy atom. The van der Waals surface area contributed by atoms with Crippen LogP contribution in [0.4, 0.5) is 10.1 Å². The Kier molecular flexibility index (Phi) is 3.14. The van der Waals surface area contributed by atoms with Gasteiger partial charge < -0.3 is 9.64 Å². The highest BCUT2D eigenvalue weighted by Crippen LogP contribution is 2.31. The SMILES string of the molecule is COc1ccccc1C(=O)N1CCc2cc(F)ccc21. The lowest BCUT2D eigenvalue weighted by atomic mass is 10.1. The van der Waals surface area contributed by atoms with Gasteiger partial charge in [-0.1, -0.05) is 12.1 Å². The van der Waals surface area contributed by atoms with Gasteiger partial charge in [-0.2, -0.15) is 0 Å². The quantitative estimate of drug-likeness (QED) is 0.840. The first-order chi connectivity index (χ1) is 9.70. The zero-order valence-corrected chi connectivity index (χ0v) is 11.1. The molecular formula is C16H14FNO2. The Balaban J connectivity index is 1.98. The van der Waals surface area contributed by atoms with Gasteiger partial charge in [0.1, 0.15) is 11.6 Å². The molecule has 3 nitrogen and oxygen atoms in total. The maximum absolute atomic E-state index is 13.2. The number of fused-ring (bicyclic) bond motifs is 1. The van der Waals surface area contributed by atoms with E-state index in [1.807, 2.05) is 6.07 Å². The van der Waals surface area contributed by atoms with Crippen molar-refractivity contribution >= 4 is 11.6 Å².